The zero-order valence-corrected chi connectivity index (χ0v) is 18.9. The van der Waals surface area contributed by atoms with Gasteiger partial charge in [-0.25, -0.2) is 0 Å². The van der Waals surface area contributed by atoms with E-state index >= 15 is 0 Å². The number of fused-ring (bicyclic) bond motifs is 2. The molecule has 3 N–H and O–H groups in total. The minimum Gasteiger partial charge on any atom is -0.395 e. The first-order chi connectivity index (χ1) is 16.4. The van der Waals surface area contributed by atoms with Crippen molar-refractivity contribution >= 4 is 50.7 Å². The van der Waals surface area contributed by atoms with Gasteiger partial charge in [0.2, 0.25) is 5.91 Å². The van der Waals surface area contributed by atoms with Crippen molar-refractivity contribution in [2.24, 2.45) is 7.05 Å². The first-order valence-electron chi connectivity index (χ1n) is 11.0. The van der Waals surface area contributed by atoms with Gasteiger partial charge in [-0.05, 0) is 11.6 Å². The number of para-hydroxylation sites is 2. The summed E-state index contributed by atoms with van der Waals surface area (Å²) in [5.41, 5.74) is 4.48. The van der Waals surface area contributed by atoms with E-state index in [4.69, 9.17) is 0 Å². The van der Waals surface area contributed by atoms with Gasteiger partial charge in [-0.15, -0.1) is 0 Å². The Morgan fingerprint density at radius 3 is 2.50 bits per heavy atom. The molecule has 34 heavy (non-hydrogen) atoms. The molecule has 1 aliphatic rings. The van der Waals surface area contributed by atoms with Gasteiger partial charge in [0.05, 0.1) is 28.8 Å². The van der Waals surface area contributed by atoms with Gasteiger partial charge in [0.1, 0.15) is 0 Å². The number of hydrogen-bond donors (Lipinski definition) is 3. The lowest BCUT2D eigenvalue weighted by molar-refractivity contribution is -0.130. The Hall–Kier alpha value is -4.17. The molecular formula is C26H24N4O4. The number of carbonyl (C=O) groups excluding carboxylic acids is 3. The average Bonchev–Trinajstić information content (AvgIpc) is 3.48. The lowest BCUT2D eigenvalue weighted by Crippen LogP contribution is -2.31. The van der Waals surface area contributed by atoms with Crippen molar-refractivity contribution in [3.8, 4) is 0 Å². The summed E-state index contributed by atoms with van der Waals surface area (Å²) >= 11 is 0. The van der Waals surface area contributed by atoms with Crippen LogP contribution in [0.3, 0.4) is 0 Å². The number of amides is 3. The lowest BCUT2D eigenvalue weighted by Gasteiger charge is -2.20. The number of aliphatic hydroxyl groups is 1. The number of hydrogen-bond acceptors (Lipinski definition) is 4. The first-order valence-corrected chi connectivity index (χ1v) is 11.0. The average molecular weight is 457 g/mol. The molecule has 3 amide bonds. The molecule has 5 rings (SSSR count). The van der Waals surface area contributed by atoms with Gasteiger partial charge in [-0.2, -0.15) is 0 Å². The van der Waals surface area contributed by atoms with Gasteiger partial charge in [0.25, 0.3) is 11.8 Å². The maximum Gasteiger partial charge on any atom is 0.259 e. The summed E-state index contributed by atoms with van der Waals surface area (Å²) in [6.07, 6.45) is 3.66. The Morgan fingerprint density at radius 1 is 1.03 bits per heavy atom. The zero-order valence-electron chi connectivity index (χ0n) is 18.9. The molecule has 0 unspecified atom stereocenters. The highest BCUT2D eigenvalue weighted by Crippen LogP contribution is 2.38. The van der Waals surface area contributed by atoms with Gasteiger partial charge in [-0.3, -0.25) is 19.7 Å². The maximum absolute atomic E-state index is 13.0. The number of aryl methyl sites for hydroxylation is 1. The summed E-state index contributed by atoms with van der Waals surface area (Å²) in [7, 11) is 1.91. The molecule has 172 valence electrons. The van der Waals surface area contributed by atoms with Crippen LogP contribution < -0.4 is 5.32 Å². The van der Waals surface area contributed by atoms with Crippen LogP contribution in [0.1, 0.15) is 23.6 Å². The molecule has 4 aromatic rings. The second kappa shape index (κ2) is 8.31. The molecular weight excluding hydrogens is 432 g/mol. The SMILES string of the molecule is CC(=O)N(CCO)Cc1cccc2c(C3=C(c4cccc5ccn(C)c45)C(=O)NC3=O)c[nH]c12. The minimum atomic E-state index is -0.442. The van der Waals surface area contributed by atoms with E-state index in [0.29, 0.717) is 28.8 Å². The highest BCUT2D eigenvalue weighted by Gasteiger charge is 2.34. The van der Waals surface area contributed by atoms with Crippen LogP contribution in [0.25, 0.3) is 33.0 Å². The summed E-state index contributed by atoms with van der Waals surface area (Å²) < 4.78 is 1.94. The molecule has 0 fully saturated rings. The number of rotatable bonds is 6. The molecule has 8 nitrogen and oxygen atoms in total. The topological polar surface area (TPSA) is 107 Å². The fourth-order valence-corrected chi connectivity index (χ4v) is 4.76. The van der Waals surface area contributed by atoms with Crippen molar-refractivity contribution in [1.29, 1.82) is 0 Å². The van der Waals surface area contributed by atoms with Crippen molar-refractivity contribution in [2.45, 2.75) is 13.5 Å². The van der Waals surface area contributed by atoms with Crippen molar-refractivity contribution in [2.75, 3.05) is 13.2 Å². The highest BCUT2D eigenvalue weighted by atomic mass is 16.3. The number of carbonyl (C=O) groups is 3. The standard InChI is InChI=1S/C26H24N4O4/c1-15(32)30(11-12-31)14-17-6-4-7-18-20(13-27-23(17)18)22-21(25(33)28-26(22)34)19-8-3-5-16-9-10-29(2)24(16)19/h3-10,13,27,31H,11-12,14H2,1-2H3,(H,28,33,34). The molecule has 0 spiro atoms. The van der Waals surface area contributed by atoms with Gasteiger partial charge in [0, 0.05) is 61.4 Å². The van der Waals surface area contributed by atoms with Gasteiger partial charge >= 0.3 is 0 Å². The number of imide groups is 1. The molecule has 2 aromatic heterocycles. The van der Waals surface area contributed by atoms with Crippen molar-refractivity contribution in [3.05, 3.63) is 71.5 Å². The third-order valence-electron chi connectivity index (χ3n) is 6.35. The summed E-state index contributed by atoms with van der Waals surface area (Å²) in [6, 6.07) is 13.3. The second-order valence-corrected chi connectivity index (χ2v) is 8.41. The van der Waals surface area contributed by atoms with Crippen LogP contribution in [-0.2, 0) is 28.0 Å². The van der Waals surface area contributed by atoms with E-state index in [2.05, 4.69) is 10.3 Å². The van der Waals surface area contributed by atoms with E-state index in [1.54, 1.807) is 11.1 Å². The van der Waals surface area contributed by atoms with Gasteiger partial charge in [0.15, 0.2) is 0 Å². The normalized spacial score (nSPS) is 13.9. The fourth-order valence-electron chi connectivity index (χ4n) is 4.76. The predicted octanol–water partition coefficient (Wildman–Crippen LogP) is 2.57. The van der Waals surface area contributed by atoms with Crippen molar-refractivity contribution < 1.29 is 19.5 Å². The molecule has 3 heterocycles. The lowest BCUT2D eigenvalue weighted by atomic mass is 9.94. The van der Waals surface area contributed by atoms with E-state index < -0.39 is 11.8 Å². The maximum atomic E-state index is 13.0. The van der Waals surface area contributed by atoms with Crippen LogP contribution in [0, 0.1) is 0 Å². The first kappa shape index (κ1) is 21.7. The number of aliphatic hydroxyl groups excluding tert-OH is 1. The number of nitrogens with zero attached hydrogens (tertiary/aromatic N) is 2. The van der Waals surface area contributed by atoms with E-state index in [1.807, 2.05) is 60.3 Å². The molecule has 0 saturated heterocycles. The predicted molar refractivity (Wildman–Crippen MR) is 129 cm³/mol. The van der Waals surface area contributed by atoms with Crippen molar-refractivity contribution in [3.63, 3.8) is 0 Å². The minimum absolute atomic E-state index is 0.130. The van der Waals surface area contributed by atoms with Gasteiger partial charge < -0.3 is 19.6 Å². The van der Waals surface area contributed by atoms with E-state index in [9.17, 15) is 19.5 Å². The molecule has 0 radical (unpaired) electrons. The van der Waals surface area contributed by atoms with E-state index in [0.717, 1.165) is 27.4 Å². The molecule has 0 saturated carbocycles. The third kappa shape index (κ3) is 3.39. The Bertz CT molecular complexity index is 1510. The number of H-pyrrole nitrogens is 1. The third-order valence-corrected chi connectivity index (χ3v) is 6.35. The monoisotopic (exact) mass is 456 g/mol. The highest BCUT2D eigenvalue weighted by molar-refractivity contribution is 6.50. The van der Waals surface area contributed by atoms with Crippen LogP contribution in [-0.4, -0.2) is 50.4 Å². The summed E-state index contributed by atoms with van der Waals surface area (Å²) in [6.45, 7) is 1.87. The Kier molecular flexibility index (Phi) is 5.30. The van der Waals surface area contributed by atoms with Crippen molar-refractivity contribution in [1.82, 2.24) is 19.8 Å². The largest absolute Gasteiger partial charge is 0.395 e. The van der Waals surface area contributed by atoms with Crippen LogP contribution in [0.4, 0.5) is 0 Å². The van der Waals surface area contributed by atoms with Gasteiger partial charge in [-0.1, -0.05) is 36.4 Å². The molecule has 2 aromatic carbocycles. The molecule has 0 atom stereocenters. The van der Waals surface area contributed by atoms with Crippen LogP contribution in [0.5, 0.6) is 0 Å². The molecule has 0 aliphatic carbocycles. The summed E-state index contributed by atoms with van der Waals surface area (Å²) in [4.78, 5) is 42.8. The smallest absolute Gasteiger partial charge is 0.259 e. The Morgan fingerprint density at radius 2 is 1.76 bits per heavy atom. The number of nitrogens with one attached hydrogen (secondary N) is 2. The van der Waals surface area contributed by atoms with E-state index in [-0.39, 0.29) is 19.1 Å². The fraction of sp³-hybridized carbons (Fsp3) is 0.192. The van der Waals surface area contributed by atoms with E-state index in [1.165, 1.54) is 6.92 Å². The number of benzene rings is 2. The second-order valence-electron chi connectivity index (χ2n) is 8.41. The Balaban J connectivity index is 1.70. The molecule has 1 aliphatic heterocycles. The number of aromatic amines is 1. The van der Waals surface area contributed by atoms with Crippen LogP contribution in [0.2, 0.25) is 0 Å². The molecule has 8 heteroatoms. The quantitative estimate of drug-likeness (QED) is 0.388. The van der Waals surface area contributed by atoms with Crippen LogP contribution >= 0.6 is 0 Å². The molecule has 0 bridgehead atoms. The number of aromatic nitrogens is 2. The summed E-state index contributed by atoms with van der Waals surface area (Å²) in [5, 5.41) is 13.5. The Labute approximate surface area is 195 Å². The zero-order chi connectivity index (χ0) is 24.0. The van der Waals surface area contributed by atoms with Crippen LogP contribution in [0.15, 0.2) is 54.9 Å². The summed E-state index contributed by atoms with van der Waals surface area (Å²) in [5.74, 6) is -1.01.